The van der Waals surface area contributed by atoms with Crippen molar-refractivity contribution in [2.24, 2.45) is 0 Å². The highest BCUT2D eigenvalue weighted by Gasteiger charge is 2.41. The zero-order chi connectivity index (χ0) is 25.6. The Morgan fingerprint density at radius 1 is 0.917 bits per heavy atom. The number of carbonyl (C=O) groups is 1. The van der Waals surface area contributed by atoms with E-state index in [-0.39, 0.29) is 28.9 Å². The van der Waals surface area contributed by atoms with E-state index in [9.17, 15) is 9.90 Å². The molecule has 2 aliphatic rings. The van der Waals surface area contributed by atoms with Crippen molar-refractivity contribution >= 4 is 11.7 Å². The van der Waals surface area contributed by atoms with E-state index in [0.29, 0.717) is 41.5 Å². The van der Waals surface area contributed by atoms with Crippen molar-refractivity contribution in [2.45, 2.75) is 31.6 Å². The molecule has 0 fully saturated rings. The second-order valence-electron chi connectivity index (χ2n) is 8.88. The van der Waals surface area contributed by atoms with E-state index >= 15 is 0 Å². The minimum atomic E-state index is -0.454. The molecule has 0 spiro atoms. The number of phenolic OH excluding ortho intramolecular Hbond substituents is 1. The molecule has 188 valence electrons. The first kappa shape index (κ1) is 23.6. The predicted octanol–water partition coefficient (Wildman–Crippen LogP) is 4.68. The summed E-state index contributed by atoms with van der Waals surface area (Å²) in [5, 5.41) is 17.9. The molecule has 0 saturated carbocycles. The number of fused-ring (bicyclic) bond motifs is 1. The molecule has 5 rings (SSSR count). The Kier molecular flexibility index (Phi) is 5.99. The Morgan fingerprint density at radius 2 is 1.56 bits per heavy atom. The molecule has 3 aromatic rings. The van der Waals surface area contributed by atoms with Crippen LogP contribution in [0.4, 0.5) is 5.88 Å². The minimum absolute atomic E-state index is 0.0193. The van der Waals surface area contributed by atoms with Crippen LogP contribution in [0.2, 0.25) is 0 Å². The zero-order valence-corrected chi connectivity index (χ0v) is 20.8. The molecule has 2 N–H and O–H groups in total. The van der Waals surface area contributed by atoms with Gasteiger partial charge in [0.25, 0.3) is 0 Å². The SMILES string of the molecule is COc1ccc([C@@H]2CC(=O)C3=C(C2)Nc2onc(C)c2[C@H]3c2cc(OC)c(O)c(OC)c2)cc1OC. The van der Waals surface area contributed by atoms with Gasteiger partial charge in [0.1, 0.15) is 0 Å². The van der Waals surface area contributed by atoms with Crippen LogP contribution in [-0.4, -0.2) is 44.5 Å². The number of nitrogens with one attached hydrogen (secondary N) is 1. The number of rotatable bonds is 6. The maximum atomic E-state index is 13.8. The van der Waals surface area contributed by atoms with Gasteiger partial charge in [-0.1, -0.05) is 11.2 Å². The molecule has 9 heteroatoms. The highest BCUT2D eigenvalue weighted by atomic mass is 16.5. The monoisotopic (exact) mass is 492 g/mol. The number of aromatic hydroxyl groups is 1. The third kappa shape index (κ3) is 3.71. The van der Waals surface area contributed by atoms with Crippen LogP contribution in [0.1, 0.15) is 47.1 Å². The van der Waals surface area contributed by atoms with Gasteiger partial charge in [-0.3, -0.25) is 4.79 Å². The van der Waals surface area contributed by atoms with Gasteiger partial charge in [0.2, 0.25) is 11.6 Å². The molecule has 0 radical (unpaired) electrons. The summed E-state index contributed by atoms with van der Waals surface area (Å²) in [6.07, 6.45) is 0.928. The van der Waals surface area contributed by atoms with Crippen LogP contribution in [0.5, 0.6) is 28.7 Å². The lowest BCUT2D eigenvalue weighted by Crippen LogP contribution is -2.29. The first-order valence-electron chi connectivity index (χ1n) is 11.6. The van der Waals surface area contributed by atoms with E-state index in [1.165, 1.54) is 14.2 Å². The standard InChI is InChI=1S/C27H28N2O7/c1-13-23-24(16-11-21(34-4)26(31)22(12-16)35-5)25-17(28-27(23)36-29-13)8-15(9-18(25)30)14-6-7-19(32-2)20(10-14)33-3/h6-7,10-12,15,24,28,31H,8-9H2,1-5H3/t15-,24+/m0/s1. The van der Waals surface area contributed by atoms with Crippen molar-refractivity contribution in [3.8, 4) is 28.7 Å². The maximum Gasteiger partial charge on any atom is 0.233 e. The van der Waals surface area contributed by atoms with Gasteiger partial charge in [-0.05, 0) is 54.7 Å². The molecule has 0 amide bonds. The first-order valence-corrected chi connectivity index (χ1v) is 11.6. The molecule has 9 nitrogen and oxygen atoms in total. The molecular weight excluding hydrogens is 464 g/mol. The van der Waals surface area contributed by atoms with Gasteiger partial charge in [0.05, 0.1) is 39.7 Å². The number of benzene rings is 2. The maximum absolute atomic E-state index is 13.8. The van der Waals surface area contributed by atoms with E-state index in [0.717, 1.165) is 22.4 Å². The molecule has 2 atom stereocenters. The molecule has 1 aromatic heterocycles. The number of phenols is 1. The second-order valence-corrected chi connectivity index (χ2v) is 8.88. The quantitative estimate of drug-likeness (QED) is 0.506. The zero-order valence-electron chi connectivity index (χ0n) is 20.8. The average molecular weight is 493 g/mol. The smallest absolute Gasteiger partial charge is 0.233 e. The normalized spacial score (nSPS) is 18.8. The lowest BCUT2D eigenvalue weighted by Gasteiger charge is -2.34. The minimum Gasteiger partial charge on any atom is -0.502 e. The summed E-state index contributed by atoms with van der Waals surface area (Å²) < 4.78 is 27.2. The van der Waals surface area contributed by atoms with Crippen molar-refractivity contribution in [3.05, 3.63) is 64.0 Å². The summed E-state index contributed by atoms with van der Waals surface area (Å²) in [7, 11) is 6.13. The largest absolute Gasteiger partial charge is 0.502 e. The van der Waals surface area contributed by atoms with Gasteiger partial charge in [-0.2, -0.15) is 0 Å². The fourth-order valence-electron chi connectivity index (χ4n) is 5.23. The Balaban J connectivity index is 1.62. The van der Waals surface area contributed by atoms with Crippen LogP contribution in [0, 0.1) is 6.92 Å². The summed E-state index contributed by atoms with van der Waals surface area (Å²) in [5.74, 6) is 1.68. The first-order chi connectivity index (χ1) is 17.4. The van der Waals surface area contributed by atoms with Gasteiger partial charge in [-0.15, -0.1) is 0 Å². The summed E-state index contributed by atoms with van der Waals surface area (Å²) in [6.45, 7) is 1.84. The third-order valence-electron chi connectivity index (χ3n) is 6.97. The number of allylic oxidation sites excluding steroid dienone is 2. The molecule has 0 unspecified atom stereocenters. The fraction of sp³-hybridized carbons (Fsp3) is 0.333. The highest BCUT2D eigenvalue weighted by molar-refractivity contribution is 6.01. The van der Waals surface area contributed by atoms with Crippen LogP contribution in [0.15, 0.2) is 46.1 Å². The predicted molar refractivity (Wildman–Crippen MR) is 131 cm³/mol. The van der Waals surface area contributed by atoms with Gasteiger partial charge in [0, 0.05) is 23.6 Å². The van der Waals surface area contributed by atoms with Gasteiger partial charge >= 0.3 is 0 Å². The highest BCUT2D eigenvalue weighted by Crippen LogP contribution is 2.51. The summed E-state index contributed by atoms with van der Waals surface area (Å²) in [6, 6.07) is 9.19. The number of hydrogen-bond acceptors (Lipinski definition) is 9. The van der Waals surface area contributed by atoms with Crippen molar-refractivity contribution in [3.63, 3.8) is 0 Å². The number of nitrogens with zero attached hydrogens (tertiary/aromatic N) is 1. The number of ketones is 1. The lowest BCUT2D eigenvalue weighted by molar-refractivity contribution is -0.116. The van der Waals surface area contributed by atoms with E-state index in [1.807, 2.05) is 25.1 Å². The van der Waals surface area contributed by atoms with E-state index < -0.39 is 5.92 Å². The Labute approximate surface area is 208 Å². The van der Waals surface area contributed by atoms with Crippen molar-refractivity contribution in [1.29, 1.82) is 0 Å². The van der Waals surface area contributed by atoms with Crippen molar-refractivity contribution in [1.82, 2.24) is 5.16 Å². The lowest BCUT2D eigenvalue weighted by atomic mass is 9.72. The average Bonchev–Trinajstić information content (AvgIpc) is 3.27. The topological polar surface area (TPSA) is 112 Å². The van der Waals surface area contributed by atoms with E-state index in [4.69, 9.17) is 23.5 Å². The Hall–Kier alpha value is -4.14. The second kappa shape index (κ2) is 9.14. The molecule has 0 saturated heterocycles. The van der Waals surface area contributed by atoms with Gasteiger partial charge in [-0.25, -0.2) is 0 Å². The molecule has 2 aromatic carbocycles. The van der Waals surface area contributed by atoms with E-state index in [2.05, 4.69) is 10.5 Å². The number of ether oxygens (including phenoxy) is 4. The Morgan fingerprint density at radius 3 is 2.19 bits per heavy atom. The summed E-state index contributed by atoms with van der Waals surface area (Å²) >= 11 is 0. The van der Waals surface area contributed by atoms with Crippen LogP contribution >= 0.6 is 0 Å². The third-order valence-corrected chi connectivity index (χ3v) is 6.97. The number of aromatic nitrogens is 1. The molecule has 1 aliphatic carbocycles. The number of anilines is 1. The van der Waals surface area contributed by atoms with Crippen molar-refractivity contribution < 1.29 is 33.4 Å². The van der Waals surface area contributed by atoms with Crippen LogP contribution in [0.25, 0.3) is 0 Å². The molecule has 1 aliphatic heterocycles. The molecule has 2 heterocycles. The number of Topliss-reactive ketones (excluding diaryl/α,β-unsaturated/α-hetero) is 1. The van der Waals surface area contributed by atoms with E-state index in [1.54, 1.807) is 26.4 Å². The van der Waals surface area contributed by atoms with Crippen LogP contribution < -0.4 is 24.3 Å². The summed E-state index contributed by atoms with van der Waals surface area (Å²) in [5.41, 5.74) is 4.61. The molecule has 36 heavy (non-hydrogen) atoms. The Bertz CT molecular complexity index is 1350. The van der Waals surface area contributed by atoms with Gasteiger partial charge in [0.15, 0.2) is 28.8 Å². The number of hydrogen-bond donors (Lipinski definition) is 2. The van der Waals surface area contributed by atoms with Crippen LogP contribution in [0.3, 0.4) is 0 Å². The molecular formula is C27H28N2O7. The van der Waals surface area contributed by atoms with Crippen LogP contribution in [-0.2, 0) is 4.79 Å². The fourth-order valence-corrected chi connectivity index (χ4v) is 5.23. The number of aryl methyl sites for hydroxylation is 1. The molecule has 0 bridgehead atoms. The number of methoxy groups -OCH3 is 4. The number of carbonyl (C=O) groups excluding carboxylic acids is 1. The van der Waals surface area contributed by atoms with Crippen molar-refractivity contribution in [2.75, 3.05) is 33.8 Å². The summed E-state index contributed by atoms with van der Waals surface area (Å²) in [4.78, 5) is 13.8. The van der Waals surface area contributed by atoms with Gasteiger partial charge < -0.3 is 33.9 Å².